The molecule has 0 saturated carbocycles. The molecule has 0 bridgehead atoms. The molecule has 3 rings (SSSR count). The Balaban J connectivity index is 1.42. The Morgan fingerprint density at radius 1 is 1.12 bits per heavy atom. The van der Waals surface area contributed by atoms with E-state index >= 15 is 0 Å². The fourth-order valence-electron chi connectivity index (χ4n) is 3.13. The normalized spacial score (nSPS) is 14.9. The van der Waals surface area contributed by atoms with Gasteiger partial charge in [0.05, 0.1) is 0 Å². The van der Waals surface area contributed by atoms with Gasteiger partial charge in [-0.2, -0.15) is 0 Å². The molecule has 0 unspecified atom stereocenters. The van der Waals surface area contributed by atoms with Crippen molar-refractivity contribution in [1.82, 2.24) is 15.5 Å². The molecule has 0 aromatic heterocycles. The number of hydrogen-bond donors (Lipinski definition) is 2. The van der Waals surface area contributed by atoms with Gasteiger partial charge in [0.25, 0.3) is 0 Å². The van der Waals surface area contributed by atoms with Crippen LogP contribution in [-0.4, -0.2) is 37.5 Å². The smallest absolute Gasteiger partial charge is 0.191 e. The number of benzene rings is 2. The van der Waals surface area contributed by atoms with E-state index in [4.69, 9.17) is 0 Å². The molecule has 0 saturated heterocycles. The molecule has 4 nitrogen and oxygen atoms in total. The summed E-state index contributed by atoms with van der Waals surface area (Å²) in [5.74, 6) is 0.522. The third-order valence-corrected chi connectivity index (χ3v) is 4.50. The molecular weight excluding hydrogens is 315 g/mol. The third kappa shape index (κ3) is 5.03. The van der Waals surface area contributed by atoms with Crippen LogP contribution in [0.3, 0.4) is 0 Å². The van der Waals surface area contributed by atoms with E-state index in [0.717, 1.165) is 44.1 Å². The maximum atomic E-state index is 13.2. The van der Waals surface area contributed by atoms with Gasteiger partial charge >= 0.3 is 0 Å². The van der Waals surface area contributed by atoms with E-state index in [0.29, 0.717) is 6.54 Å². The van der Waals surface area contributed by atoms with Crippen LogP contribution in [-0.2, 0) is 19.5 Å². The molecule has 0 aliphatic carbocycles. The number of fused-ring (bicyclic) bond motifs is 1. The molecule has 1 heterocycles. The van der Waals surface area contributed by atoms with Crippen molar-refractivity contribution >= 4 is 5.96 Å². The van der Waals surface area contributed by atoms with E-state index in [2.05, 4.69) is 44.8 Å². The van der Waals surface area contributed by atoms with Gasteiger partial charge in [-0.25, -0.2) is 4.39 Å². The van der Waals surface area contributed by atoms with Crippen LogP contribution >= 0.6 is 0 Å². The lowest BCUT2D eigenvalue weighted by Gasteiger charge is -2.28. The Kier molecular flexibility index (Phi) is 6.01. The van der Waals surface area contributed by atoms with Gasteiger partial charge in [0.15, 0.2) is 5.96 Å². The minimum atomic E-state index is -0.215. The summed E-state index contributed by atoms with van der Waals surface area (Å²) in [4.78, 5) is 6.68. The van der Waals surface area contributed by atoms with Gasteiger partial charge in [-0.15, -0.1) is 0 Å². The number of hydrogen-bond acceptors (Lipinski definition) is 2. The van der Waals surface area contributed by atoms with Gasteiger partial charge in [-0.1, -0.05) is 36.4 Å². The molecule has 132 valence electrons. The summed E-state index contributed by atoms with van der Waals surface area (Å²) in [6.07, 6.45) is 1.11. The van der Waals surface area contributed by atoms with E-state index in [1.54, 1.807) is 13.1 Å². The van der Waals surface area contributed by atoms with Crippen molar-refractivity contribution < 1.29 is 4.39 Å². The Morgan fingerprint density at radius 2 is 1.96 bits per heavy atom. The number of nitrogens with zero attached hydrogens (tertiary/aromatic N) is 2. The average Bonchev–Trinajstić information content (AvgIpc) is 2.64. The minimum absolute atomic E-state index is 0.215. The van der Waals surface area contributed by atoms with E-state index in [-0.39, 0.29) is 5.82 Å². The van der Waals surface area contributed by atoms with E-state index in [1.165, 1.54) is 23.3 Å². The predicted molar refractivity (Wildman–Crippen MR) is 100 cm³/mol. The van der Waals surface area contributed by atoms with Crippen LogP contribution < -0.4 is 10.6 Å². The highest BCUT2D eigenvalue weighted by molar-refractivity contribution is 5.79. The number of rotatable bonds is 5. The first kappa shape index (κ1) is 17.4. The molecule has 0 atom stereocenters. The Bertz CT molecular complexity index is 729. The maximum absolute atomic E-state index is 13.2. The second kappa shape index (κ2) is 8.62. The largest absolute Gasteiger partial charge is 0.355 e. The Labute approximate surface area is 148 Å². The molecule has 0 amide bonds. The predicted octanol–water partition coefficient (Wildman–Crippen LogP) is 2.55. The van der Waals surface area contributed by atoms with Crippen molar-refractivity contribution in [1.29, 1.82) is 0 Å². The van der Waals surface area contributed by atoms with Gasteiger partial charge in [-0.3, -0.25) is 9.89 Å². The molecule has 5 heteroatoms. The molecule has 25 heavy (non-hydrogen) atoms. The molecule has 2 aromatic carbocycles. The van der Waals surface area contributed by atoms with Crippen LogP contribution in [0.15, 0.2) is 53.5 Å². The minimum Gasteiger partial charge on any atom is -0.355 e. The summed E-state index contributed by atoms with van der Waals surface area (Å²) in [5, 5.41) is 6.55. The molecule has 0 spiro atoms. The summed E-state index contributed by atoms with van der Waals surface area (Å²) in [7, 11) is 1.75. The van der Waals surface area contributed by atoms with Gasteiger partial charge < -0.3 is 10.6 Å². The lowest BCUT2D eigenvalue weighted by Crippen LogP contribution is -2.42. The van der Waals surface area contributed by atoms with E-state index in [1.807, 2.05) is 6.07 Å². The van der Waals surface area contributed by atoms with Crippen molar-refractivity contribution in [3.05, 3.63) is 71.0 Å². The molecule has 2 aromatic rings. The first-order valence-electron chi connectivity index (χ1n) is 8.72. The molecule has 1 aliphatic heterocycles. The number of halogens is 1. The van der Waals surface area contributed by atoms with Crippen LogP contribution in [0.4, 0.5) is 4.39 Å². The third-order valence-electron chi connectivity index (χ3n) is 4.50. The van der Waals surface area contributed by atoms with Gasteiger partial charge in [0, 0.05) is 39.8 Å². The second-order valence-corrected chi connectivity index (χ2v) is 6.28. The molecular formula is C20H25FN4. The topological polar surface area (TPSA) is 39.7 Å². The Morgan fingerprint density at radius 3 is 2.76 bits per heavy atom. The van der Waals surface area contributed by atoms with Crippen molar-refractivity contribution in [3.8, 4) is 0 Å². The fourth-order valence-corrected chi connectivity index (χ4v) is 3.13. The van der Waals surface area contributed by atoms with Crippen LogP contribution in [0.5, 0.6) is 0 Å². The maximum Gasteiger partial charge on any atom is 0.191 e. The highest BCUT2D eigenvalue weighted by Crippen LogP contribution is 2.17. The summed E-state index contributed by atoms with van der Waals surface area (Å²) < 4.78 is 13.2. The lowest BCUT2D eigenvalue weighted by atomic mass is 10.00. The van der Waals surface area contributed by atoms with Gasteiger partial charge in [0.2, 0.25) is 0 Å². The summed E-state index contributed by atoms with van der Waals surface area (Å²) in [6.45, 7) is 4.44. The number of nitrogens with one attached hydrogen (secondary N) is 2. The van der Waals surface area contributed by atoms with E-state index in [9.17, 15) is 4.39 Å². The zero-order chi connectivity index (χ0) is 17.5. The van der Waals surface area contributed by atoms with Crippen LogP contribution in [0.2, 0.25) is 0 Å². The highest BCUT2D eigenvalue weighted by atomic mass is 19.1. The van der Waals surface area contributed by atoms with Gasteiger partial charge in [0.1, 0.15) is 5.82 Å². The zero-order valence-corrected chi connectivity index (χ0v) is 14.6. The molecule has 2 N–H and O–H groups in total. The summed E-state index contributed by atoms with van der Waals surface area (Å²) in [6, 6.07) is 15.3. The second-order valence-electron chi connectivity index (χ2n) is 6.28. The van der Waals surface area contributed by atoms with Gasteiger partial charge in [-0.05, 0) is 35.2 Å². The molecule has 0 fully saturated rings. The standard InChI is InChI=1S/C20H25FN4/c1-22-20(24-14-16-5-4-8-19(21)13-16)23-10-12-25-11-9-17-6-2-3-7-18(17)15-25/h2-8,13H,9-12,14-15H2,1H3,(H2,22,23,24). The van der Waals surface area contributed by atoms with Crippen LogP contribution in [0, 0.1) is 5.82 Å². The highest BCUT2D eigenvalue weighted by Gasteiger charge is 2.14. The molecule has 0 radical (unpaired) electrons. The lowest BCUT2D eigenvalue weighted by molar-refractivity contribution is 0.258. The van der Waals surface area contributed by atoms with Crippen molar-refractivity contribution in [3.63, 3.8) is 0 Å². The SMILES string of the molecule is CN=C(NCCN1CCc2ccccc2C1)NCc1cccc(F)c1. The van der Waals surface area contributed by atoms with Crippen LogP contribution in [0.25, 0.3) is 0 Å². The zero-order valence-electron chi connectivity index (χ0n) is 14.6. The number of guanidine groups is 1. The van der Waals surface area contributed by atoms with Crippen molar-refractivity contribution in [2.75, 3.05) is 26.7 Å². The van der Waals surface area contributed by atoms with Crippen LogP contribution in [0.1, 0.15) is 16.7 Å². The first-order chi connectivity index (χ1) is 12.2. The summed E-state index contributed by atoms with van der Waals surface area (Å²) in [5.41, 5.74) is 3.80. The monoisotopic (exact) mass is 340 g/mol. The molecule has 1 aliphatic rings. The van der Waals surface area contributed by atoms with Crippen molar-refractivity contribution in [2.45, 2.75) is 19.5 Å². The summed E-state index contributed by atoms with van der Waals surface area (Å²) >= 11 is 0. The number of aliphatic imine (C=N–C) groups is 1. The van der Waals surface area contributed by atoms with Crippen molar-refractivity contribution in [2.24, 2.45) is 4.99 Å². The quantitative estimate of drug-likeness (QED) is 0.649. The fraction of sp³-hybridized carbons (Fsp3) is 0.350. The Hall–Kier alpha value is -2.40. The first-order valence-corrected chi connectivity index (χ1v) is 8.72. The average molecular weight is 340 g/mol. The van der Waals surface area contributed by atoms with E-state index < -0.39 is 0 Å².